The first kappa shape index (κ1) is 13.9. The van der Waals surface area contributed by atoms with Gasteiger partial charge in [0.2, 0.25) is 0 Å². The van der Waals surface area contributed by atoms with E-state index in [2.05, 4.69) is 48.2 Å². The van der Waals surface area contributed by atoms with E-state index < -0.39 is 0 Å². The number of benzene rings is 2. The molecule has 0 bridgehead atoms. The zero-order valence-electron chi connectivity index (χ0n) is 10.5. The minimum Gasteiger partial charge on any atom is -0.497 e. The van der Waals surface area contributed by atoms with Gasteiger partial charge < -0.3 is 10.1 Å². The maximum atomic E-state index is 5.24. The van der Waals surface area contributed by atoms with Crippen LogP contribution in [0.3, 0.4) is 0 Å². The van der Waals surface area contributed by atoms with E-state index in [1.807, 2.05) is 30.3 Å². The van der Waals surface area contributed by atoms with Gasteiger partial charge in [0.25, 0.3) is 0 Å². The van der Waals surface area contributed by atoms with Gasteiger partial charge >= 0.3 is 0 Å². The molecule has 6 heteroatoms. The molecule has 0 saturated carbocycles. The summed E-state index contributed by atoms with van der Waals surface area (Å²) in [6.45, 7) is 0. The van der Waals surface area contributed by atoms with Crippen molar-refractivity contribution in [3.63, 3.8) is 0 Å². The standard InChI is InChI=1S/C14H10Br2N2OS/c1-19-9-3-4-10(16)12(7-9)18-14-17-11-5-2-8(15)6-13(11)20-14/h2-7H,1H3,(H,17,18). The van der Waals surface area contributed by atoms with Crippen molar-refractivity contribution in [1.29, 1.82) is 0 Å². The summed E-state index contributed by atoms with van der Waals surface area (Å²) < 4.78 is 8.41. The van der Waals surface area contributed by atoms with Crippen LogP contribution in [0.5, 0.6) is 5.75 Å². The smallest absolute Gasteiger partial charge is 0.188 e. The van der Waals surface area contributed by atoms with Gasteiger partial charge in [0, 0.05) is 15.0 Å². The van der Waals surface area contributed by atoms with E-state index >= 15 is 0 Å². The van der Waals surface area contributed by atoms with E-state index in [1.54, 1.807) is 18.4 Å². The zero-order chi connectivity index (χ0) is 14.1. The number of rotatable bonds is 3. The van der Waals surface area contributed by atoms with Crippen LogP contribution >= 0.6 is 43.2 Å². The lowest BCUT2D eigenvalue weighted by molar-refractivity contribution is 0.415. The fourth-order valence-electron chi connectivity index (χ4n) is 1.79. The van der Waals surface area contributed by atoms with Crippen LogP contribution in [0.15, 0.2) is 45.3 Å². The molecule has 0 spiro atoms. The Labute approximate surface area is 137 Å². The van der Waals surface area contributed by atoms with E-state index in [0.29, 0.717) is 0 Å². The molecular weight excluding hydrogens is 404 g/mol. The van der Waals surface area contributed by atoms with Crippen LogP contribution in [-0.4, -0.2) is 12.1 Å². The van der Waals surface area contributed by atoms with Crippen LogP contribution in [0.1, 0.15) is 0 Å². The van der Waals surface area contributed by atoms with Gasteiger partial charge in [-0.3, -0.25) is 0 Å². The molecule has 0 atom stereocenters. The highest BCUT2D eigenvalue weighted by Gasteiger charge is 2.07. The van der Waals surface area contributed by atoms with Gasteiger partial charge in [-0.2, -0.15) is 0 Å². The fourth-order valence-corrected chi connectivity index (χ4v) is 3.57. The van der Waals surface area contributed by atoms with E-state index in [9.17, 15) is 0 Å². The molecule has 102 valence electrons. The van der Waals surface area contributed by atoms with Gasteiger partial charge in [0.05, 0.1) is 23.0 Å². The monoisotopic (exact) mass is 412 g/mol. The number of aromatic nitrogens is 1. The molecule has 3 aromatic rings. The summed E-state index contributed by atoms with van der Waals surface area (Å²) in [5, 5.41) is 4.17. The maximum Gasteiger partial charge on any atom is 0.188 e. The van der Waals surface area contributed by atoms with Gasteiger partial charge in [-0.15, -0.1) is 0 Å². The van der Waals surface area contributed by atoms with E-state index in [-0.39, 0.29) is 0 Å². The fraction of sp³-hybridized carbons (Fsp3) is 0.0714. The van der Waals surface area contributed by atoms with E-state index in [0.717, 1.165) is 35.7 Å². The Bertz CT molecular complexity index is 773. The summed E-state index contributed by atoms with van der Waals surface area (Å²) in [7, 11) is 1.65. The lowest BCUT2D eigenvalue weighted by Crippen LogP contribution is -1.92. The lowest BCUT2D eigenvalue weighted by atomic mass is 10.3. The van der Waals surface area contributed by atoms with Gasteiger partial charge in [0.1, 0.15) is 5.75 Å². The van der Waals surface area contributed by atoms with Gasteiger partial charge in [-0.05, 0) is 46.3 Å². The maximum absolute atomic E-state index is 5.24. The average molecular weight is 414 g/mol. The normalized spacial score (nSPS) is 10.8. The number of methoxy groups -OCH3 is 1. The predicted octanol–water partition coefficient (Wildman–Crippen LogP) is 5.57. The number of thiazole rings is 1. The lowest BCUT2D eigenvalue weighted by Gasteiger charge is -2.07. The molecule has 2 aromatic carbocycles. The Kier molecular flexibility index (Phi) is 3.96. The summed E-state index contributed by atoms with van der Waals surface area (Å²) in [5.74, 6) is 0.805. The summed E-state index contributed by atoms with van der Waals surface area (Å²) in [5.41, 5.74) is 1.92. The first-order valence-corrected chi connectivity index (χ1v) is 8.22. The van der Waals surface area contributed by atoms with Crippen molar-refractivity contribution >= 4 is 64.2 Å². The van der Waals surface area contributed by atoms with Gasteiger partial charge in [-0.1, -0.05) is 27.3 Å². The summed E-state index contributed by atoms with van der Waals surface area (Å²) in [6.07, 6.45) is 0. The first-order valence-electron chi connectivity index (χ1n) is 5.82. The molecule has 1 N–H and O–H groups in total. The van der Waals surface area contributed by atoms with E-state index in [1.165, 1.54) is 0 Å². The van der Waals surface area contributed by atoms with Crippen LogP contribution in [-0.2, 0) is 0 Å². The number of fused-ring (bicyclic) bond motifs is 1. The Morgan fingerprint density at radius 2 is 2.00 bits per heavy atom. The van der Waals surface area contributed by atoms with Crippen molar-refractivity contribution in [2.45, 2.75) is 0 Å². The Morgan fingerprint density at radius 1 is 1.15 bits per heavy atom. The van der Waals surface area contributed by atoms with Crippen molar-refractivity contribution in [2.24, 2.45) is 0 Å². The van der Waals surface area contributed by atoms with Crippen LogP contribution in [0, 0.1) is 0 Å². The highest BCUT2D eigenvalue weighted by molar-refractivity contribution is 9.10. The average Bonchev–Trinajstić information content (AvgIpc) is 2.82. The third-order valence-corrected chi connectivity index (χ3v) is 4.88. The number of nitrogens with zero attached hydrogens (tertiary/aromatic N) is 1. The molecular formula is C14H10Br2N2OS. The molecule has 3 rings (SSSR count). The Balaban J connectivity index is 1.96. The highest BCUT2D eigenvalue weighted by atomic mass is 79.9. The Morgan fingerprint density at radius 3 is 2.80 bits per heavy atom. The van der Waals surface area contributed by atoms with Crippen LogP contribution in [0.2, 0.25) is 0 Å². The largest absolute Gasteiger partial charge is 0.497 e. The minimum absolute atomic E-state index is 0.805. The van der Waals surface area contributed by atoms with Crippen LogP contribution in [0.4, 0.5) is 10.8 Å². The molecule has 0 aliphatic heterocycles. The summed E-state index contributed by atoms with van der Waals surface area (Å²) in [6, 6.07) is 11.9. The second kappa shape index (κ2) is 5.71. The molecule has 1 aromatic heterocycles. The highest BCUT2D eigenvalue weighted by Crippen LogP contribution is 2.34. The van der Waals surface area contributed by atoms with Crippen LogP contribution < -0.4 is 10.1 Å². The quantitative estimate of drug-likeness (QED) is 0.609. The third kappa shape index (κ3) is 2.82. The number of halogens is 2. The molecule has 0 amide bonds. The summed E-state index contributed by atoms with van der Waals surface area (Å²) in [4.78, 5) is 4.57. The molecule has 0 aliphatic rings. The van der Waals surface area contributed by atoms with Crippen molar-refractivity contribution in [2.75, 3.05) is 12.4 Å². The zero-order valence-corrected chi connectivity index (χ0v) is 14.5. The molecule has 0 unspecified atom stereocenters. The number of anilines is 2. The molecule has 3 nitrogen and oxygen atoms in total. The molecule has 20 heavy (non-hydrogen) atoms. The minimum atomic E-state index is 0.805. The number of nitrogens with one attached hydrogen (secondary N) is 1. The molecule has 0 radical (unpaired) electrons. The van der Waals surface area contributed by atoms with Crippen molar-refractivity contribution in [3.8, 4) is 5.75 Å². The Hall–Kier alpha value is -1.11. The van der Waals surface area contributed by atoms with Crippen molar-refractivity contribution < 1.29 is 4.74 Å². The number of ether oxygens (including phenoxy) is 1. The number of hydrogen-bond acceptors (Lipinski definition) is 4. The summed E-state index contributed by atoms with van der Waals surface area (Å²) >= 11 is 8.61. The topological polar surface area (TPSA) is 34.1 Å². The van der Waals surface area contributed by atoms with E-state index in [4.69, 9.17) is 4.74 Å². The van der Waals surface area contributed by atoms with Crippen molar-refractivity contribution in [1.82, 2.24) is 4.98 Å². The molecule has 1 heterocycles. The van der Waals surface area contributed by atoms with Gasteiger partial charge in [-0.25, -0.2) is 4.98 Å². The first-order chi connectivity index (χ1) is 9.65. The second-order valence-electron chi connectivity index (χ2n) is 4.10. The SMILES string of the molecule is COc1ccc(Br)c(Nc2nc3ccc(Br)cc3s2)c1. The number of hydrogen-bond donors (Lipinski definition) is 1. The second-order valence-corrected chi connectivity index (χ2v) is 6.90. The van der Waals surface area contributed by atoms with Gasteiger partial charge in [0.15, 0.2) is 5.13 Å². The molecule has 0 fully saturated rings. The van der Waals surface area contributed by atoms with Crippen molar-refractivity contribution in [3.05, 3.63) is 45.3 Å². The predicted molar refractivity (Wildman–Crippen MR) is 91.3 cm³/mol. The molecule has 0 saturated heterocycles. The molecule has 0 aliphatic carbocycles. The third-order valence-electron chi connectivity index (χ3n) is 2.77. The van der Waals surface area contributed by atoms with Crippen LogP contribution in [0.25, 0.3) is 10.2 Å².